The molecule has 1 aromatic carbocycles. The number of carbonyl (C=O) groups is 2. The van der Waals surface area contributed by atoms with Crippen molar-refractivity contribution < 1.29 is 23.8 Å². The Morgan fingerprint density at radius 2 is 2.11 bits per heavy atom. The predicted molar refractivity (Wildman–Crippen MR) is 101 cm³/mol. The maximum atomic E-state index is 12.7. The number of amides is 1. The van der Waals surface area contributed by atoms with Crippen molar-refractivity contribution in [2.75, 3.05) is 39.2 Å². The summed E-state index contributed by atoms with van der Waals surface area (Å²) in [5.74, 6) is 2.47. The monoisotopic (exact) mass is 391 g/mol. The molecule has 1 amide bonds. The van der Waals surface area contributed by atoms with Gasteiger partial charge in [0.1, 0.15) is 13.2 Å². The number of hydrogen-bond donors (Lipinski definition) is 0. The molecule has 27 heavy (non-hydrogen) atoms. The molecule has 0 unspecified atom stereocenters. The molecule has 0 N–H and O–H groups in total. The Balaban J connectivity index is 1.31. The zero-order chi connectivity index (χ0) is 18.9. The van der Waals surface area contributed by atoms with Crippen molar-refractivity contribution in [1.82, 2.24) is 4.90 Å². The zero-order valence-electron chi connectivity index (χ0n) is 15.6. The molecule has 2 heterocycles. The molecule has 0 bridgehead atoms. The van der Waals surface area contributed by atoms with Crippen LogP contribution in [-0.2, 0) is 14.3 Å². The van der Waals surface area contributed by atoms with E-state index in [0.29, 0.717) is 38.5 Å². The van der Waals surface area contributed by atoms with Crippen LogP contribution in [0.1, 0.15) is 25.7 Å². The van der Waals surface area contributed by atoms with Gasteiger partial charge in [-0.1, -0.05) is 6.42 Å². The fourth-order valence-corrected chi connectivity index (χ4v) is 5.41. The molecular weight excluding hydrogens is 366 g/mol. The standard InChI is InChI=1S/C20H25NO5S/c1-24-19(23)20-7-2-3-14(20)12-21(13-20)18(22)6-10-27-15-4-5-16-17(11-15)26-9-8-25-16/h4-5,11,14H,2-3,6-10,12-13H2,1H3/t14-,20-/m0/s1. The largest absolute Gasteiger partial charge is 0.486 e. The summed E-state index contributed by atoms with van der Waals surface area (Å²) >= 11 is 1.64. The van der Waals surface area contributed by atoms with E-state index in [1.165, 1.54) is 7.11 Å². The normalized spacial score (nSPS) is 26.0. The number of ether oxygens (including phenoxy) is 3. The minimum atomic E-state index is -0.465. The number of carbonyl (C=O) groups excluding carboxylic acids is 2. The molecule has 0 spiro atoms. The molecule has 6 nitrogen and oxygen atoms in total. The molecule has 1 aliphatic carbocycles. The van der Waals surface area contributed by atoms with Gasteiger partial charge in [-0.15, -0.1) is 11.8 Å². The lowest BCUT2D eigenvalue weighted by Crippen LogP contribution is -2.38. The van der Waals surface area contributed by atoms with Crippen LogP contribution in [0, 0.1) is 11.3 Å². The first-order valence-electron chi connectivity index (χ1n) is 9.51. The Bertz CT molecular complexity index is 739. The quantitative estimate of drug-likeness (QED) is 0.568. The van der Waals surface area contributed by atoms with Crippen LogP contribution in [0.2, 0.25) is 0 Å². The van der Waals surface area contributed by atoms with E-state index < -0.39 is 5.41 Å². The van der Waals surface area contributed by atoms with Crippen molar-refractivity contribution in [2.24, 2.45) is 11.3 Å². The average molecular weight is 391 g/mol. The molecule has 0 radical (unpaired) electrons. The molecule has 2 atom stereocenters. The lowest BCUT2D eigenvalue weighted by molar-refractivity contribution is -0.153. The SMILES string of the molecule is COC(=O)[C@]12CCC[C@H]1CN(C(=O)CCSc1ccc3c(c1)OCCO3)C2. The summed E-state index contributed by atoms with van der Waals surface area (Å²) in [5, 5.41) is 0. The van der Waals surface area contributed by atoms with Gasteiger partial charge < -0.3 is 19.1 Å². The second-order valence-corrected chi connectivity index (χ2v) is 8.58. The second kappa shape index (κ2) is 7.62. The van der Waals surface area contributed by atoms with Crippen LogP contribution in [-0.4, -0.2) is 55.9 Å². The van der Waals surface area contributed by atoms with Crippen molar-refractivity contribution in [3.63, 3.8) is 0 Å². The van der Waals surface area contributed by atoms with Crippen LogP contribution < -0.4 is 9.47 Å². The van der Waals surface area contributed by atoms with Crippen molar-refractivity contribution in [1.29, 1.82) is 0 Å². The number of thioether (sulfide) groups is 1. The minimum absolute atomic E-state index is 0.123. The number of rotatable bonds is 5. The molecular formula is C20H25NO5S. The first kappa shape index (κ1) is 18.5. The number of esters is 1. The Labute approximate surface area is 163 Å². The smallest absolute Gasteiger partial charge is 0.313 e. The van der Waals surface area contributed by atoms with Crippen molar-refractivity contribution in [2.45, 2.75) is 30.6 Å². The van der Waals surface area contributed by atoms with E-state index in [0.717, 1.165) is 35.7 Å². The lowest BCUT2D eigenvalue weighted by atomic mass is 9.81. The van der Waals surface area contributed by atoms with Crippen molar-refractivity contribution in [3.8, 4) is 11.5 Å². The lowest BCUT2D eigenvalue weighted by Gasteiger charge is -2.25. The zero-order valence-corrected chi connectivity index (χ0v) is 16.4. The number of likely N-dealkylation sites (tertiary alicyclic amines) is 1. The number of benzene rings is 1. The molecule has 0 aromatic heterocycles. The summed E-state index contributed by atoms with van der Waals surface area (Å²) in [6.45, 7) is 2.34. The van der Waals surface area contributed by atoms with Gasteiger partial charge in [0.2, 0.25) is 5.91 Å². The second-order valence-electron chi connectivity index (χ2n) is 7.42. The van der Waals surface area contributed by atoms with Gasteiger partial charge in [0.15, 0.2) is 11.5 Å². The third-order valence-electron chi connectivity index (χ3n) is 5.91. The summed E-state index contributed by atoms with van der Waals surface area (Å²) in [6, 6.07) is 5.88. The molecule has 4 rings (SSSR count). The number of fused-ring (bicyclic) bond motifs is 2. The molecule has 1 saturated carbocycles. The highest BCUT2D eigenvalue weighted by atomic mass is 32.2. The first-order chi connectivity index (χ1) is 13.1. The summed E-state index contributed by atoms with van der Waals surface area (Å²) in [5.41, 5.74) is -0.465. The first-order valence-corrected chi connectivity index (χ1v) is 10.5. The number of hydrogen-bond acceptors (Lipinski definition) is 6. The Morgan fingerprint density at radius 3 is 2.93 bits per heavy atom. The Kier molecular flexibility index (Phi) is 5.21. The Morgan fingerprint density at radius 1 is 1.30 bits per heavy atom. The maximum absolute atomic E-state index is 12.7. The van der Waals surface area contributed by atoms with E-state index >= 15 is 0 Å². The van der Waals surface area contributed by atoms with Crippen LogP contribution in [0.3, 0.4) is 0 Å². The summed E-state index contributed by atoms with van der Waals surface area (Å²) in [7, 11) is 1.45. The third kappa shape index (κ3) is 3.49. The average Bonchev–Trinajstić information content (AvgIpc) is 3.25. The van der Waals surface area contributed by atoms with E-state index in [2.05, 4.69) is 0 Å². The molecule has 1 saturated heterocycles. The van der Waals surface area contributed by atoms with Gasteiger partial charge in [-0.05, 0) is 37.0 Å². The van der Waals surface area contributed by atoms with Crippen molar-refractivity contribution >= 4 is 23.6 Å². The predicted octanol–water partition coefficient (Wildman–Crippen LogP) is 2.74. The van der Waals surface area contributed by atoms with Gasteiger partial charge >= 0.3 is 5.97 Å². The Hall–Kier alpha value is -1.89. The highest BCUT2D eigenvalue weighted by Gasteiger charge is 2.56. The van der Waals surface area contributed by atoms with Gasteiger partial charge in [-0.3, -0.25) is 9.59 Å². The van der Waals surface area contributed by atoms with Crippen LogP contribution in [0.4, 0.5) is 0 Å². The van der Waals surface area contributed by atoms with E-state index in [1.807, 2.05) is 23.1 Å². The van der Waals surface area contributed by atoms with Crippen LogP contribution >= 0.6 is 11.8 Å². The van der Waals surface area contributed by atoms with E-state index in [4.69, 9.17) is 14.2 Å². The fourth-order valence-electron chi connectivity index (χ4n) is 4.54. The van der Waals surface area contributed by atoms with Gasteiger partial charge in [0.05, 0.1) is 12.5 Å². The van der Waals surface area contributed by atoms with Gasteiger partial charge in [0, 0.05) is 30.2 Å². The molecule has 2 aliphatic heterocycles. The van der Waals surface area contributed by atoms with Gasteiger partial charge in [0.25, 0.3) is 0 Å². The van der Waals surface area contributed by atoms with E-state index in [9.17, 15) is 9.59 Å². The van der Waals surface area contributed by atoms with E-state index in [1.54, 1.807) is 11.8 Å². The highest BCUT2D eigenvalue weighted by Crippen LogP contribution is 2.49. The maximum Gasteiger partial charge on any atom is 0.313 e. The summed E-state index contributed by atoms with van der Waals surface area (Å²) in [4.78, 5) is 27.9. The van der Waals surface area contributed by atoms with Crippen LogP contribution in [0.5, 0.6) is 11.5 Å². The summed E-state index contributed by atoms with van der Waals surface area (Å²) < 4.78 is 16.2. The highest BCUT2D eigenvalue weighted by molar-refractivity contribution is 7.99. The van der Waals surface area contributed by atoms with Gasteiger partial charge in [-0.2, -0.15) is 0 Å². The topological polar surface area (TPSA) is 65.1 Å². The van der Waals surface area contributed by atoms with Crippen LogP contribution in [0.15, 0.2) is 23.1 Å². The molecule has 7 heteroatoms. The van der Waals surface area contributed by atoms with Gasteiger partial charge in [-0.25, -0.2) is 0 Å². The number of nitrogens with zero attached hydrogens (tertiary/aromatic N) is 1. The number of methoxy groups -OCH3 is 1. The van der Waals surface area contributed by atoms with E-state index in [-0.39, 0.29) is 17.8 Å². The van der Waals surface area contributed by atoms with Crippen molar-refractivity contribution in [3.05, 3.63) is 18.2 Å². The third-order valence-corrected chi connectivity index (χ3v) is 6.91. The molecule has 2 fully saturated rings. The minimum Gasteiger partial charge on any atom is -0.486 e. The molecule has 3 aliphatic rings. The fraction of sp³-hybridized carbons (Fsp3) is 0.600. The molecule has 1 aromatic rings. The summed E-state index contributed by atoms with van der Waals surface area (Å²) in [6.07, 6.45) is 3.34. The van der Waals surface area contributed by atoms with Crippen LogP contribution in [0.25, 0.3) is 0 Å². The molecule has 146 valence electrons.